The van der Waals surface area contributed by atoms with E-state index in [1.807, 2.05) is 0 Å². The molecule has 0 aliphatic rings. The van der Waals surface area contributed by atoms with Gasteiger partial charge in [0.25, 0.3) is 0 Å². The lowest BCUT2D eigenvalue weighted by molar-refractivity contribution is 0.355. The Bertz CT molecular complexity index is 680. The average Bonchev–Trinajstić information content (AvgIpc) is 2.53. The standard InChI is InChI=1S/C16H18FN3O2.HI/c1-21-14-7-6-13(9-15(14)22-2)20-16(18)19-10-11-4-3-5-12(17)8-11;/h3-9H,10H2,1-2H3,(H3,18,19,20);1H. The Morgan fingerprint density at radius 2 is 1.87 bits per heavy atom. The van der Waals surface area contributed by atoms with Crippen molar-refractivity contribution in [2.45, 2.75) is 6.54 Å². The third kappa shape index (κ3) is 5.59. The predicted octanol–water partition coefficient (Wildman–Crippen LogP) is 3.39. The van der Waals surface area contributed by atoms with Gasteiger partial charge in [-0.2, -0.15) is 0 Å². The average molecular weight is 431 g/mol. The molecule has 0 aromatic heterocycles. The minimum Gasteiger partial charge on any atom is -0.493 e. The van der Waals surface area contributed by atoms with Crippen LogP contribution in [0.15, 0.2) is 47.5 Å². The number of nitrogens with zero attached hydrogens (tertiary/aromatic N) is 1. The Kier molecular flexibility index (Phi) is 7.60. The summed E-state index contributed by atoms with van der Waals surface area (Å²) in [5.41, 5.74) is 7.29. The smallest absolute Gasteiger partial charge is 0.193 e. The number of nitrogens with one attached hydrogen (secondary N) is 1. The van der Waals surface area contributed by atoms with Crippen molar-refractivity contribution in [2.24, 2.45) is 10.7 Å². The van der Waals surface area contributed by atoms with Crippen LogP contribution in [0.4, 0.5) is 10.1 Å². The number of nitrogens with two attached hydrogens (primary N) is 1. The number of aliphatic imine (C=N–C) groups is 1. The number of hydrogen-bond donors (Lipinski definition) is 2. The number of hydrogen-bond acceptors (Lipinski definition) is 3. The highest BCUT2D eigenvalue weighted by Gasteiger charge is 2.05. The first kappa shape index (κ1) is 19.0. The summed E-state index contributed by atoms with van der Waals surface area (Å²) in [5, 5.41) is 2.95. The molecule has 0 bridgehead atoms. The fourth-order valence-electron chi connectivity index (χ4n) is 1.91. The van der Waals surface area contributed by atoms with Crippen LogP contribution in [-0.4, -0.2) is 20.2 Å². The van der Waals surface area contributed by atoms with Crippen LogP contribution in [0.1, 0.15) is 5.56 Å². The Hall–Kier alpha value is -2.03. The van der Waals surface area contributed by atoms with Crippen molar-refractivity contribution in [3.05, 3.63) is 53.8 Å². The van der Waals surface area contributed by atoms with Crippen molar-refractivity contribution in [3.63, 3.8) is 0 Å². The zero-order chi connectivity index (χ0) is 15.9. The molecule has 5 nitrogen and oxygen atoms in total. The van der Waals surface area contributed by atoms with E-state index in [4.69, 9.17) is 15.2 Å². The molecule has 124 valence electrons. The Balaban J connectivity index is 0.00000264. The van der Waals surface area contributed by atoms with Crippen molar-refractivity contribution in [2.75, 3.05) is 19.5 Å². The van der Waals surface area contributed by atoms with Crippen LogP contribution in [0.2, 0.25) is 0 Å². The van der Waals surface area contributed by atoms with Crippen molar-refractivity contribution < 1.29 is 13.9 Å². The first-order valence-electron chi connectivity index (χ1n) is 6.66. The summed E-state index contributed by atoms with van der Waals surface area (Å²) in [5.74, 6) is 1.16. The lowest BCUT2D eigenvalue weighted by Gasteiger charge is -2.11. The molecule has 0 radical (unpaired) electrons. The zero-order valence-electron chi connectivity index (χ0n) is 12.9. The molecule has 0 amide bonds. The summed E-state index contributed by atoms with van der Waals surface area (Å²) in [4.78, 5) is 4.17. The van der Waals surface area contributed by atoms with Gasteiger partial charge in [0.1, 0.15) is 5.82 Å². The molecule has 0 fully saturated rings. The van der Waals surface area contributed by atoms with Gasteiger partial charge in [0, 0.05) is 11.8 Å². The van der Waals surface area contributed by atoms with Gasteiger partial charge in [-0.3, -0.25) is 0 Å². The molecule has 7 heteroatoms. The largest absolute Gasteiger partial charge is 0.493 e. The number of anilines is 1. The number of guanidine groups is 1. The van der Waals surface area contributed by atoms with Gasteiger partial charge >= 0.3 is 0 Å². The second-order valence-electron chi connectivity index (χ2n) is 4.53. The van der Waals surface area contributed by atoms with E-state index in [0.29, 0.717) is 18.0 Å². The zero-order valence-corrected chi connectivity index (χ0v) is 15.2. The summed E-state index contributed by atoms with van der Waals surface area (Å²) in [6.45, 7) is 0.296. The second kappa shape index (κ2) is 9.19. The lowest BCUT2D eigenvalue weighted by atomic mass is 10.2. The van der Waals surface area contributed by atoms with Gasteiger partial charge in [-0.1, -0.05) is 12.1 Å². The maximum absolute atomic E-state index is 13.1. The summed E-state index contributed by atoms with van der Waals surface area (Å²) < 4.78 is 23.4. The highest BCUT2D eigenvalue weighted by molar-refractivity contribution is 14.0. The first-order chi connectivity index (χ1) is 10.6. The molecular weight excluding hydrogens is 412 g/mol. The fraction of sp³-hybridized carbons (Fsp3) is 0.188. The van der Waals surface area contributed by atoms with E-state index >= 15 is 0 Å². The minimum atomic E-state index is -0.292. The van der Waals surface area contributed by atoms with E-state index in [0.717, 1.165) is 11.3 Å². The SMILES string of the molecule is COc1ccc(NC(N)=NCc2cccc(F)c2)cc1OC.I. The number of rotatable bonds is 5. The van der Waals surface area contributed by atoms with E-state index in [1.54, 1.807) is 44.6 Å². The Morgan fingerprint density at radius 1 is 1.13 bits per heavy atom. The number of benzene rings is 2. The molecule has 0 saturated heterocycles. The lowest BCUT2D eigenvalue weighted by Crippen LogP contribution is -2.22. The summed E-state index contributed by atoms with van der Waals surface area (Å²) >= 11 is 0. The minimum absolute atomic E-state index is 0. The molecule has 0 saturated carbocycles. The van der Waals surface area contributed by atoms with E-state index < -0.39 is 0 Å². The van der Waals surface area contributed by atoms with Gasteiger partial charge in [0.15, 0.2) is 17.5 Å². The highest BCUT2D eigenvalue weighted by atomic mass is 127. The summed E-state index contributed by atoms with van der Waals surface area (Å²) in [7, 11) is 3.13. The van der Waals surface area contributed by atoms with Crippen LogP contribution in [0, 0.1) is 5.82 Å². The molecule has 2 aromatic carbocycles. The third-order valence-corrected chi connectivity index (χ3v) is 2.98. The summed E-state index contributed by atoms with van der Waals surface area (Å²) in [6.07, 6.45) is 0. The van der Waals surface area contributed by atoms with Crippen molar-refractivity contribution in [1.82, 2.24) is 0 Å². The van der Waals surface area contributed by atoms with Gasteiger partial charge in [0.05, 0.1) is 20.8 Å². The van der Waals surface area contributed by atoms with Crippen LogP contribution in [0.3, 0.4) is 0 Å². The maximum atomic E-state index is 13.1. The topological polar surface area (TPSA) is 68.9 Å². The van der Waals surface area contributed by atoms with E-state index in [2.05, 4.69) is 10.3 Å². The highest BCUT2D eigenvalue weighted by Crippen LogP contribution is 2.29. The van der Waals surface area contributed by atoms with Gasteiger partial charge in [-0.15, -0.1) is 24.0 Å². The first-order valence-corrected chi connectivity index (χ1v) is 6.66. The number of halogens is 2. The molecule has 3 N–H and O–H groups in total. The third-order valence-electron chi connectivity index (χ3n) is 2.98. The molecular formula is C16H19FIN3O2. The van der Waals surface area contributed by atoms with Crippen LogP contribution in [-0.2, 0) is 6.54 Å². The number of methoxy groups -OCH3 is 2. The van der Waals surface area contributed by atoms with E-state index in [9.17, 15) is 4.39 Å². The van der Waals surface area contributed by atoms with Crippen molar-refractivity contribution in [3.8, 4) is 11.5 Å². The molecule has 2 rings (SSSR count). The van der Waals surface area contributed by atoms with Crippen molar-refractivity contribution in [1.29, 1.82) is 0 Å². The second-order valence-corrected chi connectivity index (χ2v) is 4.53. The van der Waals surface area contributed by atoms with Gasteiger partial charge in [0.2, 0.25) is 0 Å². The van der Waals surface area contributed by atoms with Crippen LogP contribution in [0.25, 0.3) is 0 Å². The van der Waals surface area contributed by atoms with Crippen molar-refractivity contribution >= 4 is 35.6 Å². The van der Waals surface area contributed by atoms with E-state index in [1.165, 1.54) is 12.1 Å². The molecule has 0 aliphatic carbocycles. The molecule has 0 heterocycles. The van der Waals surface area contributed by atoms with Gasteiger partial charge < -0.3 is 20.5 Å². The normalized spacial score (nSPS) is 10.7. The molecule has 2 aromatic rings. The summed E-state index contributed by atoms with van der Waals surface area (Å²) in [6, 6.07) is 11.6. The van der Waals surface area contributed by atoms with Gasteiger partial charge in [-0.05, 0) is 29.8 Å². The van der Waals surface area contributed by atoms with Gasteiger partial charge in [-0.25, -0.2) is 9.38 Å². The van der Waals surface area contributed by atoms with E-state index in [-0.39, 0.29) is 35.8 Å². The van der Waals surface area contributed by atoms with Crippen LogP contribution < -0.4 is 20.5 Å². The number of ether oxygens (including phenoxy) is 2. The Labute approximate surface area is 151 Å². The molecule has 0 unspecified atom stereocenters. The quantitative estimate of drug-likeness (QED) is 0.433. The van der Waals surface area contributed by atoms with Crippen LogP contribution in [0.5, 0.6) is 11.5 Å². The van der Waals surface area contributed by atoms with Crippen LogP contribution >= 0.6 is 24.0 Å². The molecule has 0 spiro atoms. The fourth-order valence-corrected chi connectivity index (χ4v) is 1.91. The monoisotopic (exact) mass is 431 g/mol. The molecule has 0 aliphatic heterocycles. The predicted molar refractivity (Wildman–Crippen MR) is 100 cm³/mol. The Morgan fingerprint density at radius 3 is 2.52 bits per heavy atom. The molecule has 23 heavy (non-hydrogen) atoms. The maximum Gasteiger partial charge on any atom is 0.193 e. The molecule has 0 atom stereocenters.